The first kappa shape index (κ1) is 12.2. The van der Waals surface area contributed by atoms with Gasteiger partial charge in [-0.15, -0.1) is 11.3 Å². The molecule has 2 N–H and O–H groups in total. The number of aryl methyl sites for hydroxylation is 2. The maximum absolute atomic E-state index is 12.2. The van der Waals surface area contributed by atoms with E-state index in [1.54, 1.807) is 13.0 Å². The first-order valence-electron chi connectivity index (χ1n) is 5.29. The predicted octanol–water partition coefficient (Wildman–Crippen LogP) is 0.428. The van der Waals surface area contributed by atoms with E-state index in [0.29, 0.717) is 11.2 Å². The fourth-order valence-corrected chi connectivity index (χ4v) is 2.64. The van der Waals surface area contributed by atoms with Gasteiger partial charge in [0, 0.05) is 4.88 Å². The molecule has 0 spiro atoms. The zero-order chi connectivity index (χ0) is 12.6. The molecule has 2 heterocycles. The lowest BCUT2D eigenvalue weighted by Crippen LogP contribution is -2.30. The molecule has 6 heteroatoms. The monoisotopic (exact) mass is 254 g/mol. The average Bonchev–Trinajstić information content (AvgIpc) is 2.64. The topological polar surface area (TPSA) is 75.4 Å². The number of aliphatic hydroxyl groups is 2. The molecule has 92 valence electrons. The summed E-state index contributed by atoms with van der Waals surface area (Å²) in [5, 5.41) is 18.8. The smallest absolute Gasteiger partial charge is 0.262 e. The van der Waals surface area contributed by atoms with E-state index in [1.807, 2.05) is 6.92 Å². The van der Waals surface area contributed by atoms with Crippen molar-refractivity contribution in [2.45, 2.75) is 26.5 Å². The zero-order valence-electron chi connectivity index (χ0n) is 9.67. The first-order chi connectivity index (χ1) is 8.02. The second-order valence-electron chi connectivity index (χ2n) is 3.99. The van der Waals surface area contributed by atoms with E-state index in [4.69, 9.17) is 5.11 Å². The number of fused-ring (bicyclic) bond motifs is 1. The van der Waals surface area contributed by atoms with E-state index in [0.717, 1.165) is 9.71 Å². The molecule has 0 aliphatic carbocycles. The van der Waals surface area contributed by atoms with Gasteiger partial charge in [0.25, 0.3) is 5.56 Å². The van der Waals surface area contributed by atoms with Gasteiger partial charge in [-0.2, -0.15) is 0 Å². The summed E-state index contributed by atoms with van der Waals surface area (Å²) in [7, 11) is 0. The van der Waals surface area contributed by atoms with Crippen LogP contribution in [0.1, 0.15) is 10.7 Å². The van der Waals surface area contributed by atoms with Crippen LogP contribution >= 0.6 is 11.3 Å². The van der Waals surface area contributed by atoms with Gasteiger partial charge in [-0.1, -0.05) is 0 Å². The van der Waals surface area contributed by atoms with Crippen LogP contribution in [-0.4, -0.2) is 32.5 Å². The van der Waals surface area contributed by atoms with E-state index < -0.39 is 6.10 Å². The van der Waals surface area contributed by atoms with Crippen molar-refractivity contribution in [3.05, 3.63) is 27.1 Å². The normalized spacial score (nSPS) is 13.2. The molecule has 0 amide bonds. The summed E-state index contributed by atoms with van der Waals surface area (Å²) in [5.74, 6) is 0.553. The Bertz CT molecular complexity index is 603. The highest BCUT2D eigenvalue weighted by atomic mass is 32.1. The van der Waals surface area contributed by atoms with E-state index >= 15 is 0 Å². The van der Waals surface area contributed by atoms with E-state index in [9.17, 15) is 9.90 Å². The van der Waals surface area contributed by atoms with Crippen LogP contribution in [0, 0.1) is 13.8 Å². The van der Waals surface area contributed by atoms with Crippen molar-refractivity contribution in [3.63, 3.8) is 0 Å². The lowest BCUT2D eigenvalue weighted by atomic mass is 10.3. The summed E-state index contributed by atoms with van der Waals surface area (Å²) in [6, 6.07) is 1.80. The van der Waals surface area contributed by atoms with Gasteiger partial charge in [-0.25, -0.2) is 4.98 Å². The second-order valence-corrected chi connectivity index (χ2v) is 5.22. The van der Waals surface area contributed by atoms with Crippen LogP contribution in [-0.2, 0) is 6.54 Å². The highest BCUT2D eigenvalue weighted by Gasteiger charge is 2.13. The maximum Gasteiger partial charge on any atom is 0.262 e. The molecule has 0 fully saturated rings. The van der Waals surface area contributed by atoms with Crippen molar-refractivity contribution in [1.82, 2.24) is 9.55 Å². The average molecular weight is 254 g/mol. The Morgan fingerprint density at radius 1 is 1.53 bits per heavy atom. The molecule has 0 saturated carbocycles. The summed E-state index contributed by atoms with van der Waals surface area (Å²) in [5.41, 5.74) is -0.163. The van der Waals surface area contributed by atoms with Gasteiger partial charge in [-0.3, -0.25) is 9.36 Å². The highest BCUT2D eigenvalue weighted by molar-refractivity contribution is 7.18. The van der Waals surface area contributed by atoms with Gasteiger partial charge in [-0.05, 0) is 19.9 Å². The highest BCUT2D eigenvalue weighted by Crippen LogP contribution is 2.20. The Kier molecular flexibility index (Phi) is 3.28. The minimum absolute atomic E-state index is 0.0685. The zero-order valence-corrected chi connectivity index (χ0v) is 10.5. The van der Waals surface area contributed by atoms with Gasteiger partial charge >= 0.3 is 0 Å². The van der Waals surface area contributed by atoms with Crippen molar-refractivity contribution < 1.29 is 10.2 Å². The molecule has 0 aromatic carbocycles. The Balaban J connectivity index is 2.59. The third-order valence-corrected chi connectivity index (χ3v) is 3.51. The summed E-state index contributed by atoms with van der Waals surface area (Å²) in [6.07, 6.45) is -0.939. The molecule has 17 heavy (non-hydrogen) atoms. The molecular formula is C11H14N2O3S. The SMILES string of the molecule is Cc1cc2c(=O)n(CC(O)CO)c(C)nc2s1. The lowest BCUT2D eigenvalue weighted by molar-refractivity contribution is 0.0797. The van der Waals surface area contributed by atoms with Crippen LogP contribution in [0.3, 0.4) is 0 Å². The van der Waals surface area contributed by atoms with Crippen molar-refractivity contribution >= 4 is 21.6 Å². The fraction of sp³-hybridized carbons (Fsp3) is 0.455. The number of hydrogen-bond donors (Lipinski definition) is 2. The second kappa shape index (κ2) is 4.56. The Labute approximate surface area is 102 Å². The molecule has 2 aromatic heterocycles. The van der Waals surface area contributed by atoms with Crippen molar-refractivity contribution in [2.75, 3.05) is 6.61 Å². The van der Waals surface area contributed by atoms with Gasteiger partial charge < -0.3 is 10.2 Å². The maximum atomic E-state index is 12.2. The van der Waals surface area contributed by atoms with Crippen LogP contribution in [0.15, 0.2) is 10.9 Å². The molecule has 1 unspecified atom stereocenters. The molecule has 0 radical (unpaired) electrons. The van der Waals surface area contributed by atoms with Crippen molar-refractivity contribution in [1.29, 1.82) is 0 Å². The van der Waals surface area contributed by atoms with Crippen LogP contribution < -0.4 is 5.56 Å². The third-order valence-electron chi connectivity index (χ3n) is 2.57. The largest absolute Gasteiger partial charge is 0.394 e. The third kappa shape index (κ3) is 2.24. The van der Waals surface area contributed by atoms with E-state index in [2.05, 4.69) is 4.98 Å². The van der Waals surface area contributed by atoms with Gasteiger partial charge in [0.05, 0.1) is 24.6 Å². The molecule has 0 saturated heterocycles. The Morgan fingerprint density at radius 2 is 2.24 bits per heavy atom. The van der Waals surface area contributed by atoms with Gasteiger partial charge in [0.2, 0.25) is 0 Å². The van der Waals surface area contributed by atoms with Crippen molar-refractivity contribution in [2.24, 2.45) is 0 Å². The van der Waals surface area contributed by atoms with Gasteiger partial charge in [0.15, 0.2) is 0 Å². The summed E-state index contributed by atoms with van der Waals surface area (Å²) in [6.45, 7) is 3.35. The van der Waals surface area contributed by atoms with Crippen LogP contribution in [0.4, 0.5) is 0 Å². The number of aromatic nitrogens is 2. The molecular weight excluding hydrogens is 240 g/mol. The number of thiophene rings is 1. The van der Waals surface area contributed by atoms with Crippen LogP contribution in [0.25, 0.3) is 10.2 Å². The minimum atomic E-state index is -0.939. The molecule has 2 rings (SSSR count). The van der Waals surface area contributed by atoms with Gasteiger partial charge in [0.1, 0.15) is 10.7 Å². The number of hydrogen-bond acceptors (Lipinski definition) is 5. The first-order valence-corrected chi connectivity index (χ1v) is 6.11. The Morgan fingerprint density at radius 3 is 2.88 bits per heavy atom. The minimum Gasteiger partial charge on any atom is -0.394 e. The summed E-state index contributed by atoms with van der Waals surface area (Å²) >= 11 is 1.48. The van der Waals surface area contributed by atoms with Crippen LogP contribution in [0.2, 0.25) is 0 Å². The van der Waals surface area contributed by atoms with E-state index in [-0.39, 0.29) is 18.7 Å². The quantitative estimate of drug-likeness (QED) is 0.833. The number of rotatable bonds is 3. The molecule has 2 aromatic rings. The molecule has 0 aliphatic rings. The molecule has 0 aliphatic heterocycles. The van der Waals surface area contributed by atoms with Crippen LogP contribution in [0.5, 0.6) is 0 Å². The van der Waals surface area contributed by atoms with Crippen molar-refractivity contribution in [3.8, 4) is 0 Å². The molecule has 1 atom stereocenters. The molecule has 5 nitrogen and oxygen atoms in total. The Hall–Kier alpha value is -1.24. The standard InChI is InChI=1S/C11H14N2O3S/c1-6-3-9-10(17-6)12-7(2)13(11(9)16)4-8(15)5-14/h3,8,14-15H,4-5H2,1-2H3. The molecule has 0 bridgehead atoms. The summed E-state index contributed by atoms with van der Waals surface area (Å²) in [4.78, 5) is 18.2. The number of nitrogens with zero attached hydrogens (tertiary/aromatic N) is 2. The van der Waals surface area contributed by atoms with E-state index in [1.165, 1.54) is 15.9 Å². The predicted molar refractivity (Wildman–Crippen MR) is 66.4 cm³/mol. The summed E-state index contributed by atoms with van der Waals surface area (Å²) < 4.78 is 1.40. The lowest BCUT2D eigenvalue weighted by Gasteiger charge is -2.12. The fourth-order valence-electron chi connectivity index (χ4n) is 1.72. The number of aliphatic hydroxyl groups excluding tert-OH is 2.